The second kappa shape index (κ2) is 14.2. The molecule has 0 aliphatic carbocycles. The molecular weight excluding hydrogens is 691 g/mol. The number of ether oxygens (including phenoxy) is 2. The normalized spacial score (nSPS) is 23.4. The molecule has 1 aromatic heterocycles. The molecule has 3 aliphatic rings. The van der Waals surface area contributed by atoms with E-state index in [1.54, 1.807) is 11.8 Å². The Hall–Kier alpha value is -4.87. The number of fused-ring (bicyclic) bond motifs is 1. The van der Waals surface area contributed by atoms with E-state index >= 15 is 0 Å². The van der Waals surface area contributed by atoms with Gasteiger partial charge in [0.1, 0.15) is 18.9 Å². The number of β-lactam (4-membered cyclic amide) rings is 1. The molecule has 2 aromatic carbocycles. The van der Waals surface area contributed by atoms with Crippen molar-refractivity contribution in [1.82, 2.24) is 14.8 Å². The number of likely N-dealkylation sites (tertiary alicyclic amines) is 1. The molecule has 2 fully saturated rings. The lowest BCUT2D eigenvalue weighted by molar-refractivity contribution is -0.385. The number of benzene rings is 2. The highest BCUT2D eigenvalue weighted by molar-refractivity contribution is 8.03. The van der Waals surface area contributed by atoms with Gasteiger partial charge in [0.2, 0.25) is 5.91 Å². The van der Waals surface area contributed by atoms with Gasteiger partial charge < -0.3 is 19.5 Å². The van der Waals surface area contributed by atoms with Crippen LogP contribution in [-0.4, -0.2) is 71.6 Å². The molecule has 0 spiro atoms. The van der Waals surface area contributed by atoms with Crippen LogP contribution in [0.3, 0.4) is 0 Å². The maximum absolute atomic E-state index is 13.7. The first-order valence-electron chi connectivity index (χ1n) is 15.7. The number of aromatic nitrogens is 1. The average Bonchev–Trinajstić information content (AvgIpc) is 3.77. The topological polar surface area (TPSA) is 196 Å². The van der Waals surface area contributed by atoms with E-state index in [4.69, 9.17) is 9.47 Å². The van der Waals surface area contributed by atoms with Crippen LogP contribution >= 0.6 is 23.1 Å². The summed E-state index contributed by atoms with van der Waals surface area (Å²) in [5, 5.41) is 34.9. The molecule has 0 saturated carbocycles. The third-order valence-corrected chi connectivity index (χ3v) is 11.4. The SMILES string of the molecule is Cc1nc([C@@H]2C[C@H](SC3=C(C(=O)OCc4ccc([N+](=O)[O-])cc4)N4C(=O)[C@H]([C@@H](C)O)[C@H]4[C@H]3C)CN2C(=O)OCc2ccc([N+](=O)[O-])cc2)cs1. The van der Waals surface area contributed by atoms with Crippen molar-refractivity contribution in [2.45, 2.75) is 63.8 Å². The molecule has 1 N–H and O–H groups in total. The van der Waals surface area contributed by atoms with Gasteiger partial charge >= 0.3 is 12.1 Å². The zero-order valence-electron chi connectivity index (χ0n) is 27.2. The summed E-state index contributed by atoms with van der Waals surface area (Å²) in [5.41, 5.74) is 1.73. The maximum Gasteiger partial charge on any atom is 0.410 e. The first-order chi connectivity index (χ1) is 23.8. The summed E-state index contributed by atoms with van der Waals surface area (Å²) in [5.74, 6) is -2.13. The molecular formula is C33H33N5O10S2. The zero-order chi connectivity index (χ0) is 35.9. The van der Waals surface area contributed by atoms with Gasteiger partial charge in [-0.3, -0.25) is 29.9 Å². The number of aliphatic hydroxyl groups is 1. The number of aliphatic hydroxyl groups excluding tert-OH is 1. The lowest BCUT2D eigenvalue weighted by atomic mass is 9.79. The van der Waals surface area contributed by atoms with E-state index in [-0.39, 0.29) is 53.9 Å². The molecule has 17 heteroatoms. The third kappa shape index (κ3) is 6.80. The predicted molar refractivity (Wildman–Crippen MR) is 180 cm³/mol. The summed E-state index contributed by atoms with van der Waals surface area (Å²) in [6.45, 7) is 5.27. The molecule has 2 saturated heterocycles. The summed E-state index contributed by atoms with van der Waals surface area (Å²) in [7, 11) is 0. The molecule has 2 amide bonds. The van der Waals surface area contributed by atoms with Gasteiger partial charge in [-0.15, -0.1) is 23.1 Å². The Morgan fingerprint density at radius 2 is 1.62 bits per heavy atom. The highest BCUT2D eigenvalue weighted by Gasteiger charge is 2.60. The van der Waals surface area contributed by atoms with E-state index in [1.807, 2.05) is 19.2 Å². The van der Waals surface area contributed by atoms with Gasteiger partial charge in [-0.1, -0.05) is 6.92 Å². The van der Waals surface area contributed by atoms with Crippen molar-refractivity contribution in [3.05, 3.63) is 107 Å². The number of thioether (sulfide) groups is 1. The van der Waals surface area contributed by atoms with Crippen LogP contribution in [0.2, 0.25) is 0 Å². The summed E-state index contributed by atoms with van der Waals surface area (Å²) in [4.78, 5) is 69.7. The van der Waals surface area contributed by atoms with Gasteiger partial charge in [0.15, 0.2) is 0 Å². The molecule has 262 valence electrons. The third-order valence-electron chi connectivity index (χ3n) is 9.10. The van der Waals surface area contributed by atoms with Gasteiger partial charge in [0.05, 0.1) is 44.7 Å². The number of carbonyl (C=O) groups is 3. The molecule has 0 radical (unpaired) electrons. The van der Waals surface area contributed by atoms with Crippen LogP contribution in [-0.2, 0) is 32.3 Å². The van der Waals surface area contributed by atoms with Crippen LogP contribution < -0.4 is 0 Å². The van der Waals surface area contributed by atoms with Crippen LogP contribution in [0.4, 0.5) is 16.2 Å². The summed E-state index contributed by atoms with van der Waals surface area (Å²) < 4.78 is 11.3. The molecule has 15 nitrogen and oxygen atoms in total. The lowest BCUT2D eigenvalue weighted by Crippen LogP contribution is -2.63. The minimum Gasteiger partial charge on any atom is -0.456 e. The Morgan fingerprint density at radius 3 is 2.14 bits per heavy atom. The standard InChI is InChI=1S/C33H33N5O10S2/c1-17-28-27(18(2)39)31(40)36(28)29(32(41)47-14-20-4-8-22(9-5-20)37(43)44)30(17)50-24-12-26(25-16-49-19(3)34-25)35(13-24)33(42)48-15-21-6-10-23(11-7-21)38(45)46/h4-11,16-18,24,26-28,39H,12-15H2,1-3H3/t17-,18-,24+,26+,27-,28-/m1/s1. The first-order valence-corrected chi connectivity index (χ1v) is 17.5. The molecule has 4 heterocycles. The molecule has 6 atom stereocenters. The minimum atomic E-state index is -0.933. The smallest absolute Gasteiger partial charge is 0.410 e. The summed E-state index contributed by atoms with van der Waals surface area (Å²) in [6, 6.07) is 10.5. The zero-order valence-corrected chi connectivity index (χ0v) is 28.8. The number of rotatable bonds is 11. The highest BCUT2D eigenvalue weighted by atomic mass is 32.2. The Bertz CT molecular complexity index is 1860. The van der Waals surface area contributed by atoms with E-state index in [0.717, 1.165) is 5.01 Å². The second-order valence-electron chi connectivity index (χ2n) is 12.4. The number of hydrogen-bond donors (Lipinski definition) is 1. The van der Waals surface area contributed by atoms with E-state index < -0.39 is 46.0 Å². The van der Waals surface area contributed by atoms with Gasteiger partial charge in [-0.2, -0.15) is 0 Å². The molecule has 50 heavy (non-hydrogen) atoms. The number of esters is 1. The lowest BCUT2D eigenvalue weighted by Gasteiger charge is -2.46. The van der Waals surface area contributed by atoms with Crippen molar-refractivity contribution in [2.75, 3.05) is 6.54 Å². The number of amides is 2. The molecule has 6 rings (SSSR count). The summed E-state index contributed by atoms with van der Waals surface area (Å²) in [6.07, 6.45) is -1.05. The Balaban J connectivity index is 1.22. The number of nitro groups is 2. The molecule has 3 aromatic rings. The van der Waals surface area contributed by atoms with Gasteiger partial charge in [-0.25, -0.2) is 14.6 Å². The first kappa shape index (κ1) is 35.0. The van der Waals surface area contributed by atoms with E-state index in [9.17, 15) is 39.7 Å². The van der Waals surface area contributed by atoms with Crippen molar-refractivity contribution < 1.29 is 38.8 Å². The highest BCUT2D eigenvalue weighted by Crippen LogP contribution is 2.53. The van der Waals surface area contributed by atoms with E-state index in [2.05, 4.69) is 4.98 Å². The Labute approximate surface area is 294 Å². The van der Waals surface area contributed by atoms with Gasteiger partial charge in [0, 0.05) is 52.3 Å². The minimum absolute atomic E-state index is 0.0743. The Kier molecular flexibility index (Phi) is 9.91. The molecule has 0 bridgehead atoms. The van der Waals surface area contributed by atoms with Crippen LogP contribution in [0.1, 0.15) is 48.1 Å². The number of nitrogens with zero attached hydrogens (tertiary/aromatic N) is 5. The van der Waals surface area contributed by atoms with E-state index in [0.29, 0.717) is 28.1 Å². The van der Waals surface area contributed by atoms with Crippen LogP contribution in [0.25, 0.3) is 0 Å². The fourth-order valence-corrected chi connectivity index (χ4v) is 8.80. The van der Waals surface area contributed by atoms with Gasteiger partial charge in [-0.05, 0) is 55.7 Å². The quantitative estimate of drug-likeness (QED) is 0.117. The van der Waals surface area contributed by atoms with Crippen molar-refractivity contribution in [2.24, 2.45) is 11.8 Å². The fourth-order valence-electron chi connectivity index (χ4n) is 6.62. The average molecular weight is 724 g/mol. The predicted octanol–water partition coefficient (Wildman–Crippen LogP) is 5.27. The fraction of sp³-hybridized carbons (Fsp3) is 0.394. The summed E-state index contributed by atoms with van der Waals surface area (Å²) >= 11 is 2.84. The number of carbonyl (C=O) groups excluding carboxylic acids is 3. The van der Waals surface area contributed by atoms with Gasteiger partial charge in [0.25, 0.3) is 11.4 Å². The second-order valence-corrected chi connectivity index (χ2v) is 14.8. The van der Waals surface area contributed by atoms with Crippen molar-refractivity contribution >= 4 is 52.4 Å². The maximum atomic E-state index is 13.7. The molecule has 3 aliphatic heterocycles. The number of nitro benzene ring substituents is 2. The number of aryl methyl sites for hydroxylation is 1. The molecule has 0 unspecified atom stereocenters. The Morgan fingerprint density at radius 1 is 1.04 bits per heavy atom. The van der Waals surface area contributed by atoms with Crippen molar-refractivity contribution in [3.8, 4) is 0 Å². The number of non-ortho nitro benzene ring substituents is 2. The van der Waals surface area contributed by atoms with Crippen molar-refractivity contribution in [1.29, 1.82) is 0 Å². The number of hydrogen-bond acceptors (Lipinski definition) is 13. The van der Waals surface area contributed by atoms with Crippen LogP contribution in [0.5, 0.6) is 0 Å². The van der Waals surface area contributed by atoms with Crippen molar-refractivity contribution in [3.63, 3.8) is 0 Å². The largest absolute Gasteiger partial charge is 0.456 e. The van der Waals surface area contributed by atoms with E-state index in [1.165, 1.54) is 76.5 Å². The van der Waals surface area contributed by atoms with Crippen LogP contribution in [0.15, 0.2) is 64.5 Å². The monoisotopic (exact) mass is 723 g/mol. The van der Waals surface area contributed by atoms with Crippen LogP contribution in [0, 0.1) is 39.0 Å². The number of thiazole rings is 1.